The Balaban J connectivity index is 2.75. The number of aromatic hydroxyl groups is 1. The number of hydrogen-bond donors (Lipinski definition) is 2. The lowest BCUT2D eigenvalue weighted by molar-refractivity contribution is 0.319. The van der Waals surface area contributed by atoms with E-state index >= 15 is 0 Å². The first-order valence-corrected chi connectivity index (χ1v) is 3.88. The molecule has 68 valence electrons. The molecule has 0 heterocycles. The Bertz CT molecular complexity index is 325. The molecule has 3 heteroatoms. The lowest BCUT2D eigenvalue weighted by Gasteiger charge is -1.93. The second-order valence-corrected chi connectivity index (χ2v) is 2.67. The van der Waals surface area contributed by atoms with Gasteiger partial charge in [-0.1, -0.05) is 23.4 Å². The quantitative estimate of drug-likeness (QED) is 0.413. The first kappa shape index (κ1) is 9.32. The van der Waals surface area contributed by atoms with Gasteiger partial charge in [-0.25, -0.2) is 0 Å². The summed E-state index contributed by atoms with van der Waals surface area (Å²) in [5.41, 5.74) is 1.48. The van der Waals surface area contributed by atoms with Gasteiger partial charge in [-0.15, -0.1) is 0 Å². The van der Waals surface area contributed by atoms with Crippen molar-refractivity contribution in [3.8, 4) is 5.75 Å². The Hall–Kier alpha value is -1.77. The van der Waals surface area contributed by atoms with Crippen LogP contribution in [-0.4, -0.2) is 16.0 Å². The molecule has 0 saturated carbocycles. The van der Waals surface area contributed by atoms with Crippen LogP contribution in [0.5, 0.6) is 5.75 Å². The fourth-order valence-electron chi connectivity index (χ4n) is 0.836. The van der Waals surface area contributed by atoms with Gasteiger partial charge in [-0.2, -0.15) is 0 Å². The molecule has 3 nitrogen and oxygen atoms in total. The molecule has 0 bridgehead atoms. The monoisotopic (exact) mass is 177 g/mol. The largest absolute Gasteiger partial charge is 0.508 e. The van der Waals surface area contributed by atoms with Crippen molar-refractivity contribution in [2.45, 2.75) is 6.92 Å². The van der Waals surface area contributed by atoms with Crippen LogP contribution in [-0.2, 0) is 0 Å². The van der Waals surface area contributed by atoms with E-state index in [1.165, 1.54) is 0 Å². The van der Waals surface area contributed by atoms with E-state index in [4.69, 9.17) is 10.3 Å². The van der Waals surface area contributed by atoms with Crippen LogP contribution >= 0.6 is 0 Å². The van der Waals surface area contributed by atoms with Crippen LogP contribution in [0, 0.1) is 0 Å². The average Bonchev–Trinajstić information content (AvgIpc) is 2.16. The Morgan fingerprint density at radius 1 is 1.31 bits per heavy atom. The van der Waals surface area contributed by atoms with Crippen LogP contribution in [0.15, 0.2) is 35.5 Å². The third-order valence-electron chi connectivity index (χ3n) is 1.57. The van der Waals surface area contributed by atoms with Crippen molar-refractivity contribution in [2.75, 3.05) is 0 Å². The number of benzene rings is 1. The smallest absolute Gasteiger partial charge is 0.115 e. The summed E-state index contributed by atoms with van der Waals surface area (Å²) in [4.78, 5) is 0. The SMILES string of the molecule is CC(/C=C/c1ccc(O)cc1)=NO. The van der Waals surface area contributed by atoms with Crippen molar-refractivity contribution in [1.29, 1.82) is 0 Å². The van der Waals surface area contributed by atoms with Crippen LogP contribution in [0.3, 0.4) is 0 Å². The third kappa shape index (κ3) is 2.99. The predicted octanol–water partition coefficient (Wildman–Crippen LogP) is 2.26. The van der Waals surface area contributed by atoms with Gasteiger partial charge in [0, 0.05) is 0 Å². The fourth-order valence-corrected chi connectivity index (χ4v) is 0.836. The summed E-state index contributed by atoms with van der Waals surface area (Å²) in [7, 11) is 0. The highest BCUT2D eigenvalue weighted by atomic mass is 16.4. The van der Waals surface area contributed by atoms with Gasteiger partial charge in [0.25, 0.3) is 0 Å². The summed E-state index contributed by atoms with van der Waals surface area (Å²) in [6.07, 6.45) is 3.49. The average molecular weight is 177 g/mol. The molecule has 1 rings (SSSR count). The van der Waals surface area contributed by atoms with E-state index in [0.717, 1.165) is 5.56 Å². The number of hydrogen-bond acceptors (Lipinski definition) is 3. The Labute approximate surface area is 76.6 Å². The highest BCUT2D eigenvalue weighted by molar-refractivity contribution is 5.95. The second kappa shape index (κ2) is 4.30. The predicted molar refractivity (Wildman–Crippen MR) is 52.0 cm³/mol. The molecule has 0 aliphatic heterocycles. The van der Waals surface area contributed by atoms with E-state index in [-0.39, 0.29) is 5.75 Å². The Morgan fingerprint density at radius 2 is 1.92 bits per heavy atom. The lowest BCUT2D eigenvalue weighted by Crippen LogP contribution is -1.82. The van der Waals surface area contributed by atoms with Crippen molar-refractivity contribution < 1.29 is 10.3 Å². The molecule has 0 saturated heterocycles. The number of oxime groups is 1. The summed E-state index contributed by atoms with van der Waals surface area (Å²) in [5, 5.41) is 20.3. The molecule has 0 aromatic heterocycles. The highest BCUT2D eigenvalue weighted by Gasteiger charge is 1.88. The summed E-state index contributed by atoms with van der Waals surface area (Å²) in [6, 6.07) is 6.75. The van der Waals surface area contributed by atoms with Gasteiger partial charge in [0.05, 0.1) is 5.71 Å². The zero-order valence-electron chi connectivity index (χ0n) is 7.31. The zero-order valence-corrected chi connectivity index (χ0v) is 7.31. The van der Waals surface area contributed by atoms with Crippen molar-refractivity contribution in [2.24, 2.45) is 5.16 Å². The minimum absolute atomic E-state index is 0.240. The first-order valence-electron chi connectivity index (χ1n) is 3.88. The molecule has 1 aromatic rings. The number of phenolic OH excluding ortho intramolecular Hbond substituents is 1. The molecule has 0 atom stereocenters. The molecule has 0 aliphatic rings. The van der Waals surface area contributed by atoms with Crippen molar-refractivity contribution in [3.63, 3.8) is 0 Å². The van der Waals surface area contributed by atoms with Gasteiger partial charge >= 0.3 is 0 Å². The standard InChI is InChI=1S/C10H11NO2/c1-8(11-13)2-3-9-4-6-10(12)7-5-9/h2-7,12-13H,1H3/b3-2+,11-8?. The van der Waals surface area contributed by atoms with E-state index in [2.05, 4.69) is 5.16 Å². The molecule has 0 amide bonds. The maximum atomic E-state index is 8.99. The highest BCUT2D eigenvalue weighted by Crippen LogP contribution is 2.10. The molecule has 0 radical (unpaired) electrons. The minimum atomic E-state index is 0.240. The molecular weight excluding hydrogens is 166 g/mol. The van der Waals surface area contributed by atoms with Crippen molar-refractivity contribution in [1.82, 2.24) is 0 Å². The van der Waals surface area contributed by atoms with E-state index in [1.807, 2.05) is 0 Å². The summed E-state index contributed by atoms with van der Waals surface area (Å²) in [6.45, 7) is 1.69. The van der Waals surface area contributed by atoms with Gasteiger partial charge in [0.2, 0.25) is 0 Å². The van der Waals surface area contributed by atoms with Crippen LogP contribution in [0.1, 0.15) is 12.5 Å². The maximum absolute atomic E-state index is 8.99. The second-order valence-electron chi connectivity index (χ2n) is 2.67. The number of nitrogens with zero attached hydrogens (tertiary/aromatic N) is 1. The van der Waals surface area contributed by atoms with Crippen LogP contribution in [0.25, 0.3) is 6.08 Å². The molecule has 0 unspecified atom stereocenters. The number of phenols is 1. The van der Waals surface area contributed by atoms with Gasteiger partial charge < -0.3 is 10.3 Å². The van der Waals surface area contributed by atoms with E-state index in [9.17, 15) is 0 Å². The summed E-state index contributed by atoms with van der Waals surface area (Å²) >= 11 is 0. The third-order valence-corrected chi connectivity index (χ3v) is 1.57. The Kier molecular flexibility index (Phi) is 3.09. The van der Waals surface area contributed by atoms with Crippen molar-refractivity contribution in [3.05, 3.63) is 35.9 Å². The van der Waals surface area contributed by atoms with E-state index in [1.54, 1.807) is 43.3 Å². The molecular formula is C10H11NO2. The molecule has 0 spiro atoms. The van der Waals surface area contributed by atoms with Gasteiger partial charge in [0.15, 0.2) is 0 Å². The van der Waals surface area contributed by atoms with Gasteiger partial charge in [-0.3, -0.25) is 0 Å². The molecule has 0 aliphatic carbocycles. The normalized spacial score (nSPS) is 12.2. The van der Waals surface area contributed by atoms with Crippen LogP contribution in [0.4, 0.5) is 0 Å². The number of rotatable bonds is 2. The topological polar surface area (TPSA) is 52.8 Å². The zero-order chi connectivity index (χ0) is 9.68. The summed E-state index contributed by atoms with van der Waals surface area (Å²) in [5.74, 6) is 0.240. The van der Waals surface area contributed by atoms with Crippen LogP contribution in [0.2, 0.25) is 0 Å². The lowest BCUT2D eigenvalue weighted by atomic mass is 10.2. The van der Waals surface area contributed by atoms with Gasteiger partial charge in [0.1, 0.15) is 5.75 Å². The van der Waals surface area contributed by atoms with Crippen LogP contribution < -0.4 is 0 Å². The van der Waals surface area contributed by atoms with Crippen molar-refractivity contribution >= 4 is 11.8 Å². The molecule has 13 heavy (non-hydrogen) atoms. The van der Waals surface area contributed by atoms with Gasteiger partial charge in [-0.05, 0) is 30.7 Å². The minimum Gasteiger partial charge on any atom is -0.508 e. The maximum Gasteiger partial charge on any atom is 0.115 e. The first-order chi connectivity index (χ1) is 6.22. The Morgan fingerprint density at radius 3 is 2.46 bits per heavy atom. The fraction of sp³-hybridized carbons (Fsp3) is 0.100. The van der Waals surface area contributed by atoms with E-state index in [0.29, 0.717) is 5.71 Å². The molecule has 2 N–H and O–H groups in total. The van der Waals surface area contributed by atoms with E-state index < -0.39 is 0 Å². The molecule has 0 fully saturated rings. The summed E-state index contributed by atoms with van der Waals surface area (Å²) < 4.78 is 0. The molecule has 1 aromatic carbocycles. The number of allylic oxidation sites excluding steroid dienone is 1.